The van der Waals surface area contributed by atoms with Crippen LogP contribution in [-0.2, 0) is 6.61 Å². The summed E-state index contributed by atoms with van der Waals surface area (Å²) in [7, 11) is 0. The predicted octanol–water partition coefficient (Wildman–Crippen LogP) is 4.14. The Hall–Kier alpha value is -0.580. The molecule has 78 valence electrons. The SMILES string of the molecule is Clc1cccc(OCc2csc(Br)n2)c1. The molecule has 2 nitrogen and oxygen atoms in total. The van der Waals surface area contributed by atoms with Gasteiger partial charge in [0.05, 0.1) is 5.69 Å². The van der Waals surface area contributed by atoms with Crippen molar-refractivity contribution in [2.75, 3.05) is 0 Å². The molecule has 2 rings (SSSR count). The molecule has 0 aliphatic heterocycles. The molecule has 0 aliphatic carbocycles. The zero-order chi connectivity index (χ0) is 10.7. The Labute approximate surface area is 105 Å². The van der Waals surface area contributed by atoms with Crippen LogP contribution < -0.4 is 4.74 Å². The molecule has 0 spiro atoms. The summed E-state index contributed by atoms with van der Waals surface area (Å²) in [6, 6.07) is 7.32. The average molecular weight is 305 g/mol. The molecule has 0 N–H and O–H groups in total. The average Bonchev–Trinajstić information content (AvgIpc) is 2.62. The lowest BCUT2D eigenvalue weighted by Gasteiger charge is -2.03. The fraction of sp³-hybridized carbons (Fsp3) is 0.100. The molecule has 1 aromatic heterocycles. The smallest absolute Gasteiger partial charge is 0.159 e. The number of halogens is 2. The standard InChI is InChI=1S/C10H7BrClNOS/c11-10-13-8(6-15-10)5-14-9-3-1-2-7(12)4-9/h1-4,6H,5H2. The Morgan fingerprint density at radius 2 is 2.33 bits per heavy atom. The van der Waals surface area contributed by atoms with Gasteiger partial charge in [-0.15, -0.1) is 11.3 Å². The number of ether oxygens (including phenoxy) is 1. The van der Waals surface area contributed by atoms with Crippen molar-refractivity contribution >= 4 is 38.9 Å². The van der Waals surface area contributed by atoms with Crippen molar-refractivity contribution in [3.63, 3.8) is 0 Å². The predicted molar refractivity (Wildman–Crippen MR) is 65.6 cm³/mol. The lowest BCUT2D eigenvalue weighted by Crippen LogP contribution is -1.95. The van der Waals surface area contributed by atoms with Gasteiger partial charge in [0.2, 0.25) is 0 Å². The molecule has 1 heterocycles. The van der Waals surface area contributed by atoms with E-state index in [9.17, 15) is 0 Å². The minimum atomic E-state index is 0.461. The van der Waals surface area contributed by atoms with Crippen LogP contribution in [0.3, 0.4) is 0 Å². The molecule has 0 saturated carbocycles. The summed E-state index contributed by atoms with van der Waals surface area (Å²) >= 11 is 10.7. The largest absolute Gasteiger partial charge is 0.487 e. The lowest BCUT2D eigenvalue weighted by molar-refractivity contribution is 0.302. The van der Waals surface area contributed by atoms with E-state index < -0.39 is 0 Å². The van der Waals surface area contributed by atoms with Gasteiger partial charge in [-0.3, -0.25) is 0 Å². The van der Waals surface area contributed by atoms with E-state index in [1.807, 2.05) is 23.6 Å². The third-order valence-corrected chi connectivity index (χ3v) is 3.36. The molecular weight excluding hydrogens is 298 g/mol. The molecule has 0 atom stereocenters. The Bertz CT molecular complexity index is 460. The van der Waals surface area contributed by atoms with Crippen LogP contribution in [0.5, 0.6) is 5.75 Å². The van der Waals surface area contributed by atoms with E-state index in [4.69, 9.17) is 16.3 Å². The molecule has 0 radical (unpaired) electrons. The van der Waals surface area contributed by atoms with E-state index in [0.717, 1.165) is 15.4 Å². The second-order valence-corrected chi connectivity index (χ2v) is 5.41. The maximum Gasteiger partial charge on any atom is 0.159 e. The third-order valence-electron chi connectivity index (χ3n) is 1.71. The van der Waals surface area contributed by atoms with Gasteiger partial charge in [0.25, 0.3) is 0 Å². The van der Waals surface area contributed by atoms with Gasteiger partial charge in [-0.05, 0) is 34.1 Å². The Morgan fingerprint density at radius 1 is 1.47 bits per heavy atom. The Morgan fingerprint density at radius 3 is 3.00 bits per heavy atom. The molecule has 0 fully saturated rings. The Kier molecular flexibility index (Phi) is 3.61. The molecule has 0 bridgehead atoms. The lowest BCUT2D eigenvalue weighted by atomic mass is 10.3. The fourth-order valence-electron chi connectivity index (χ4n) is 1.06. The molecule has 2 aromatic rings. The van der Waals surface area contributed by atoms with E-state index in [2.05, 4.69) is 20.9 Å². The van der Waals surface area contributed by atoms with Crippen LogP contribution in [0, 0.1) is 0 Å². The van der Waals surface area contributed by atoms with Crippen LogP contribution in [0.1, 0.15) is 5.69 Å². The van der Waals surface area contributed by atoms with Gasteiger partial charge in [0.1, 0.15) is 12.4 Å². The summed E-state index contributed by atoms with van der Waals surface area (Å²) in [6.45, 7) is 0.461. The highest BCUT2D eigenvalue weighted by atomic mass is 79.9. The van der Waals surface area contributed by atoms with Gasteiger partial charge >= 0.3 is 0 Å². The van der Waals surface area contributed by atoms with E-state index in [-0.39, 0.29) is 0 Å². The topological polar surface area (TPSA) is 22.1 Å². The van der Waals surface area contributed by atoms with Crippen LogP contribution in [0.4, 0.5) is 0 Å². The first-order valence-corrected chi connectivity index (χ1v) is 6.27. The number of hydrogen-bond acceptors (Lipinski definition) is 3. The van der Waals surface area contributed by atoms with Crippen LogP contribution in [0.15, 0.2) is 33.6 Å². The quantitative estimate of drug-likeness (QED) is 0.850. The monoisotopic (exact) mass is 303 g/mol. The molecular formula is C10H7BrClNOS. The van der Waals surface area contributed by atoms with E-state index in [0.29, 0.717) is 11.6 Å². The molecule has 1 aromatic carbocycles. The van der Waals surface area contributed by atoms with Crippen molar-refractivity contribution in [1.82, 2.24) is 4.98 Å². The maximum atomic E-state index is 5.83. The molecule has 0 aliphatic rings. The summed E-state index contributed by atoms with van der Waals surface area (Å²) in [4.78, 5) is 4.23. The molecule has 5 heteroatoms. The van der Waals surface area contributed by atoms with Crippen molar-refractivity contribution in [2.45, 2.75) is 6.61 Å². The second kappa shape index (κ2) is 4.96. The van der Waals surface area contributed by atoms with Crippen LogP contribution in [0.2, 0.25) is 5.02 Å². The Balaban J connectivity index is 1.99. The highest BCUT2D eigenvalue weighted by molar-refractivity contribution is 9.11. The van der Waals surface area contributed by atoms with Crippen molar-refractivity contribution < 1.29 is 4.74 Å². The third kappa shape index (κ3) is 3.19. The number of rotatable bonds is 3. The summed E-state index contributed by atoms with van der Waals surface area (Å²) < 4.78 is 6.39. The summed E-state index contributed by atoms with van der Waals surface area (Å²) in [6.07, 6.45) is 0. The van der Waals surface area contributed by atoms with Crippen LogP contribution in [-0.4, -0.2) is 4.98 Å². The molecule has 0 amide bonds. The van der Waals surface area contributed by atoms with E-state index in [1.165, 1.54) is 0 Å². The first kappa shape index (κ1) is 10.9. The number of thiazole rings is 1. The van der Waals surface area contributed by atoms with Crippen molar-refractivity contribution in [1.29, 1.82) is 0 Å². The summed E-state index contributed by atoms with van der Waals surface area (Å²) in [5, 5.41) is 2.63. The molecule has 0 unspecified atom stereocenters. The first-order chi connectivity index (χ1) is 7.24. The van der Waals surface area contributed by atoms with E-state index >= 15 is 0 Å². The normalized spacial score (nSPS) is 10.3. The highest BCUT2D eigenvalue weighted by Crippen LogP contribution is 2.20. The van der Waals surface area contributed by atoms with Gasteiger partial charge in [0, 0.05) is 10.4 Å². The van der Waals surface area contributed by atoms with Crippen molar-refractivity contribution in [2.24, 2.45) is 0 Å². The fourth-order valence-corrected chi connectivity index (χ4v) is 2.28. The second-order valence-electron chi connectivity index (χ2n) is 2.84. The van der Waals surface area contributed by atoms with Gasteiger partial charge in [-0.25, -0.2) is 4.98 Å². The van der Waals surface area contributed by atoms with Gasteiger partial charge in [0.15, 0.2) is 3.92 Å². The maximum absolute atomic E-state index is 5.83. The van der Waals surface area contributed by atoms with E-state index in [1.54, 1.807) is 17.4 Å². The van der Waals surface area contributed by atoms with Gasteiger partial charge < -0.3 is 4.74 Å². The zero-order valence-corrected chi connectivity index (χ0v) is 10.8. The van der Waals surface area contributed by atoms with Gasteiger partial charge in [-0.2, -0.15) is 0 Å². The summed E-state index contributed by atoms with van der Waals surface area (Å²) in [5.41, 5.74) is 0.909. The van der Waals surface area contributed by atoms with Crippen LogP contribution in [0.25, 0.3) is 0 Å². The minimum Gasteiger partial charge on any atom is -0.487 e. The molecule has 15 heavy (non-hydrogen) atoms. The van der Waals surface area contributed by atoms with Gasteiger partial charge in [-0.1, -0.05) is 17.7 Å². The number of benzene rings is 1. The number of hydrogen-bond donors (Lipinski definition) is 0. The minimum absolute atomic E-state index is 0.461. The van der Waals surface area contributed by atoms with Crippen molar-refractivity contribution in [3.05, 3.63) is 44.3 Å². The number of aromatic nitrogens is 1. The van der Waals surface area contributed by atoms with Crippen molar-refractivity contribution in [3.8, 4) is 5.75 Å². The highest BCUT2D eigenvalue weighted by Gasteiger charge is 2.00. The number of nitrogens with zero attached hydrogens (tertiary/aromatic N) is 1. The summed E-state index contributed by atoms with van der Waals surface area (Å²) in [5.74, 6) is 0.756. The zero-order valence-electron chi connectivity index (χ0n) is 7.61. The van der Waals surface area contributed by atoms with Crippen LogP contribution >= 0.6 is 38.9 Å². The molecule has 0 saturated heterocycles. The first-order valence-electron chi connectivity index (χ1n) is 4.22.